The molecule has 0 N–H and O–H groups in total. The number of amides is 2. The van der Waals surface area contributed by atoms with Crippen LogP contribution >= 0.6 is 11.6 Å². The molecule has 0 bridgehead atoms. The highest BCUT2D eigenvalue weighted by atomic mass is 35.5. The Kier molecular flexibility index (Phi) is 8.29. The molecular weight excluding hydrogens is 569 g/mol. The van der Waals surface area contributed by atoms with Crippen LogP contribution in [0.25, 0.3) is 5.69 Å². The maximum atomic E-state index is 14.9. The van der Waals surface area contributed by atoms with Crippen molar-refractivity contribution >= 4 is 23.6 Å². The summed E-state index contributed by atoms with van der Waals surface area (Å²) in [5.74, 6) is -3.39. The number of hydrogen-bond donors (Lipinski definition) is 0. The summed E-state index contributed by atoms with van der Waals surface area (Å²) in [6.45, 7) is 8.22. The molecule has 42 heavy (non-hydrogen) atoms. The van der Waals surface area contributed by atoms with Gasteiger partial charge in [-0.05, 0) is 76.4 Å². The SMILES string of the molecule is Cc1cc(C2CCN(C(=O)[C@@H]3CN(C(=O)OC(C)(C)C)C[C@H]3c3ccc(F)cc3F)CC2)n(-c2ccc(F)c(Cl)c2)n1. The van der Waals surface area contributed by atoms with Crippen molar-refractivity contribution in [2.45, 2.75) is 58.0 Å². The number of aromatic nitrogens is 2. The van der Waals surface area contributed by atoms with E-state index in [1.54, 1.807) is 36.4 Å². The molecule has 7 nitrogen and oxygen atoms in total. The minimum atomic E-state index is -0.743. The zero-order valence-electron chi connectivity index (χ0n) is 24.0. The van der Waals surface area contributed by atoms with Gasteiger partial charge in [0.1, 0.15) is 23.1 Å². The second-order valence-corrected chi connectivity index (χ2v) is 12.5. The molecule has 0 aliphatic carbocycles. The molecule has 2 aromatic carbocycles. The molecule has 0 saturated carbocycles. The third-order valence-electron chi connectivity index (χ3n) is 7.88. The van der Waals surface area contributed by atoms with Gasteiger partial charge < -0.3 is 14.5 Å². The molecule has 1 aromatic heterocycles. The van der Waals surface area contributed by atoms with Crippen molar-refractivity contribution < 1.29 is 27.5 Å². The van der Waals surface area contributed by atoms with Gasteiger partial charge in [0.05, 0.1) is 22.3 Å². The molecular formula is C31H34ClF3N4O3. The van der Waals surface area contributed by atoms with Crippen molar-refractivity contribution in [1.82, 2.24) is 19.6 Å². The lowest BCUT2D eigenvalue weighted by molar-refractivity contribution is -0.136. The van der Waals surface area contributed by atoms with E-state index in [-0.39, 0.29) is 35.5 Å². The maximum Gasteiger partial charge on any atom is 0.410 e. The van der Waals surface area contributed by atoms with Crippen LogP contribution < -0.4 is 0 Å². The molecule has 2 aliphatic heterocycles. The van der Waals surface area contributed by atoms with E-state index in [1.807, 2.05) is 13.0 Å². The summed E-state index contributed by atoms with van der Waals surface area (Å²) in [4.78, 5) is 30.0. The van der Waals surface area contributed by atoms with E-state index >= 15 is 0 Å². The van der Waals surface area contributed by atoms with E-state index in [1.165, 1.54) is 29.2 Å². The second-order valence-electron chi connectivity index (χ2n) is 12.1. The monoisotopic (exact) mass is 602 g/mol. The fourth-order valence-electron chi connectivity index (χ4n) is 5.91. The molecule has 3 aromatic rings. The van der Waals surface area contributed by atoms with E-state index in [9.17, 15) is 22.8 Å². The van der Waals surface area contributed by atoms with E-state index in [4.69, 9.17) is 16.3 Å². The molecule has 2 atom stereocenters. The highest BCUT2D eigenvalue weighted by Crippen LogP contribution is 2.38. The summed E-state index contributed by atoms with van der Waals surface area (Å²) in [5.41, 5.74) is 1.88. The number of halogens is 4. The molecule has 224 valence electrons. The van der Waals surface area contributed by atoms with Crippen LogP contribution in [0.4, 0.5) is 18.0 Å². The lowest BCUT2D eigenvalue weighted by atomic mass is 9.86. The van der Waals surface area contributed by atoms with Crippen LogP contribution in [0.2, 0.25) is 5.02 Å². The van der Waals surface area contributed by atoms with Crippen molar-refractivity contribution in [3.05, 3.63) is 81.9 Å². The Balaban J connectivity index is 1.34. The molecule has 2 saturated heterocycles. The molecule has 2 fully saturated rings. The Hall–Kier alpha value is -3.53. The standard InChI is InChI=1S/C31H34ClF3N4O3/c1-18-13-28(39(36-18)21-6-8-26(34)25(32)15-21)19-9-11-37(12-10-19)29(40)24-17-38(30(41)42-31(2,3)4)16-23(24)22-7-5-20(33)14-27(22)35/h5-8,13-15,19,23-24H,9-12,16-17H2,1-4H3/t23-,24+/m0/s1. The Morgan fingerprint density at radius 2 is 1.67 bits per heavy atom. The van der Waals surface area contributed by atoms with Gasteiger partial charge in [-0.15, -0.1) is 0 Å². The first-order valence-corrected chi connectivity index (χ1v) is 14.4. The minimum absolute atomic E-state index is 0.0103. The molecule has 0 radical (unpaired) electrons. The summed E-state index contributed by atoms with van der Waals surface area (Å²) in [7, 11) is 0. The Labute approximate surface area is 248 Å². The predicted octanol–water partition coefficient (Wildman–Crippen LogP) is 6.61. The van der Waals surface area contributed by atoms with E-state index in [0.29, 0.717) is 31.6 Å². The van der Waals surface area contributed by atoms with Gasteiger partial charge in [-0.1, -0.05) is 17.7 Å². The molecule has 0 unspecified atom stereocenters. The van der Waals surface area contributed by atoms with Crippen molar-refractivity contribution in [3.63, 3.8) is 0 Å². The Morgan fingerprint density at radius 1 is 0.952 bits per heavy atom. The van der Waals surface area contributed by atoms with Crippen molar-refractivity contribution in [3.8, 4) is 5.69 Å². The van der Waals surface area contributed by atoms with Crippen molar-refractivity contribution in [1.29, 1.82) is 0 Å². The van der Waals surface area contributed by atoms with Gasteiger partial charge in [0.25, 0.3) is 0 Å². The topological polar surface area (TPSA) is 67.7 Å². The quantitative estimate of drug-likeness (QED) is 0.337. The Morgan fingerprint density at radius 3 is 2.31 bits per heavy atom. The summed E-state index contributed by atoms with van der Waals surface area (Å²) in [6.07, 6.45) is 0.738. The maximum absolute atomic E-state index is 14.9. The van der Waals surface area contributed by atoms with Crippen molar-refractivity contribution in [2.75, 3.05) is 26.2 Å². The fraction of sp³-hybridized carbons (Fsp3) is 0.452. The van der Waals surface area contributed by atoms with Gasteiger partial charge in [-0.25, -0.2) is 22.6 Å². The predicted molar refractivity (Wildman–Crippen MR) is 152 cm³/mol. The largest absolute Gasteiger partial charge is 0.444 e. The van der Waals surface area contributed by atoms with Gasteiger partial charge in [-0.2, -0.15) is 5.10 Å². The molecule has 2 aliphatic rings. The van der Waals surface area contributed by atoms with Gasteiger partial charge in [0, 0.05) is 49.8 Å². The minimum Gasteiger partial charge on any atom is -0.444 e. The summed E-state index contributed by atoms with van der Waals surface area (Å²) >= 11 is 6.02. The van der Waals surface area contributed by atoms with Crippen LogP contribution in [0.3, 0.4) is 0 Å². The van der Waals surface area contributed by atoms with Gasteiger partial charge >= 0.3 is 6.09 Å². The molecule has 3 heterocycles. The normalized spacial score (nSPS) is 19.8. The lowest BCUT2D eigenvalue weighted by Gasteiger charge is -2.34. The van der Waals surface area contributed by atoms with Gasteiger partial charge in [0.15, 0.2) is 0 Å². The van der Waals surface area contributed by atoms with E-state index in [0.717, 1.165) is 17.5 Å². The van der Waals surface area contributed by atoms with Crippen LogP contribution in [0.5, 0.6) is 0 Å². The smallest absolute Gasteiger partial charge is 0.410 e. The van der Waals surface area contributed by atoms with Gasteiger partial charge in [-0.3, -0.25) is 4.79 Å². The number of nitrogens with zero attached hydrogens (tertiary/aromatic N) is 4. The molecule has 2 amide bonds. The van der Waals surface area contributed by atoms with Crippen LogP contribution in [0.15, 0.2) is 42.5 Å². The molecule has 5 rings (SSSR count). The highest BCUT2D eigenvalue weighted by molar-refractivity contribution is 6.30. The fourth-order valence-corrected chi connectivity index (χ4v) is 6.09. The average molecular weight is 603 g/mol. The number of carbonyl (C=O) groups excluding carboxylic acids is 2. The summed E-state index contributed by atoms with van der Waals surface area (Å²) in [5, 5.41) is 4.61. The first kappa shape index (κ1) is 29.9. The number of carbonyl (C=O) groups is 2. The highest BCUT2D eigenvalue weighted by Gasteiger charge is 2.44. The van der Waals surface area contributed by atoms with E-state index in [2.05, 4.69) is 5.10 Å². The number of benzene rings is 2. The first-order chi connectivity index (χ1) is 19.8. The molecule has 11 heteroatoms. The number of piperidine rings is 1. The average Bonchev–Trinajstić information content (AvgIpc) is 3.53. The van der Waals surface area contributed by atoms with Gasteiger partial charge in [0.2, 0.25) is 5.91 Å². The summed E-state index contributed by atoms with van der Waals surface area (Å²) in [6, 6.07) is 9.78. The molecule has 0 spiro atoms. The number of aryl methyl sites for hydroxylation is 1. The van der Waals surface area contributed by atoms with Crippen LogP contribution in [-0.4, -0.2) is 63.4 Å². The number of ether oxygens (including phenoxy) is 1. The van der Waals surface area contributed by atoms with Crippen LogP contribution in [0.1, 0.15) is 62.4 Å². The number of likely N-dealkylation sites (tertiary alicyclic amines) is 2. The van der Waals surface area contributed by atoms with Crippen molar-refractivity contribution in [2.24, 2.45) is 5.92 Å². The lowest BCUT2D eigenvalue weighted by Crippen LogP contribution is -2.43. The Bertz CT molecular complexity index is 1500. The number of hydrogen-bond acceptors (Lipinski definition) is 4. The first-order valence-electron chi connectivity index (χ1n) is 14.0. The zero-order chi connectivity index (χ0) is 30.3. The summed E-state index contributed by atoms with van der Waals surface area (Å²) < 4.78 is 49.7. The van der Waals surface area contributed by atoms with E-state index < -0.39 is 41.0 Å². The third-order valence-corrected chi connectivity index (χ3v) is 8.17. The second kappa shape index (κ2) is 11.6. The third kappa shape index (κ3) is 6.28. The zero-order valence-corrected chi connectivity index (χ0v) is 24.8. The number of rotatable bonds is 4. The van der Waals surface area contributed by atoms with Crippen LogP contribution in [0, 0.1) is 30.3 Å². The van der Waals surface area contributed by atoms with Crippen LogP contribution in [-0.2, 0) is 9.53 Å².